The Morgan fingerprint density at radius 2 is 2.04 bits per heavy atom. The van der Waals surface area contributed by atoms with Gasteiger partial charge in [0.2, 0.25) is 5.13 Å². The van der Waals surface area contributed by atoms with E-state index >= 15 is 0 Å². The van der Waals surface area contributed by atoms with Crippen LogP contribution in [0, 0.1) is 17.1 Å². The molecule has 3 aromatic rings. The Morgan fingerprint density at radius 3 is 2.85 bits per heavy atom. The monoisotopic (exact) mass is 386 g/mol. The molecule has 0 aliphatic heterocycles. The molecule has 132 valence electrons. The maximum atomic E-state index is 12.9. The summed E-state index contributed by atoms with van der Waals surface area (Å²) >= 11 is 3.02. The lowest BCUT2D eigenvalue weighted by Crippen LogP contribution is -2.00. The number of anilines is 1. The fourth-order valence-electron chi connectivity index (χ4n) is 2.06. The molecule has 0 radical (unpaired) electrons. The summed E-state index contributed by atoms with van der Waals surface area (Å²) in [5, 5.41) is 21.0. The summed E-state index contributed by atoms with van der Waals surface area (Å²) < 4.78 is 19.4. The summed E-state index contributed by atoms with van der Waals surface area (Å²) in [5.74, 6) is 1.16. The number of ether oxygens (including phenoxy) is 1. The molecule has 8 heteroatoms. The molecule has 1 heterocycles. The van der Waals surface area contributed by atoms with Crippen LogP contribution in [0.25, 0.3) is 0 Å². The molecule has 0 unspecified atom stereocenters. The fraction of sp³-hybridized carbons (Fsp3) is 0.167. The Morgan fingerprint density at radius 1 is 1.19 bits per heavy atom. The molecule has 0 atom stereocenters. The van der Waals surface area contributed by atoms with Gasteiger partial charge in [-0.15, -0.1) is 10.2 Å². The number of hydrogen-bond donors (Lipinski definition) is 1. The first-order valence-corrected chi connectivity index (χ1v) is 9.61. The molecule has 1 aromatic heterocycles. The first kappa shape index (κ1) is 18.2. The van der Waals surface area contributed by atoms with Crippen LogP contribution in [0.3, 0.4) is 0 Å². The average molecular weight is 386 g/mol. The third-order valence-electron chi connectivity index (χ3n) is 3.30. The van der Waals surface area contributed by atoms with Crippen molar-refractivity contribution >= 4 is 28.2 Å². The molecular weight excluding hydrogens is 371 g/mol. The van der Waals surface area contributed by atoms with E-state index in [0.29, 0.717) is 24.5 Å². The largest absolute Gasteiger partial charge is 0.493 e. The fourth-order valence-corrected chi connectivity index (χ4v) is 3.70. The minimum absolute atomic E-state index is 0.245. The first-order chi connectivity index (χ1) is 12.7. The highest BCUT2D eigenvalue weighted by atomic mass is 32.2. The van der Waals surface area contributed by atoms with Crippen molar-refractivity contribution in [2.45, 2.75) is 10.9 Å². The van der Waals surface area contributed by atoms with Gasteiger partial charge in [0.1, 0.15) is 11.6 Å². The van der Waals surface area contributed by atoms with Gasteiger partial charge in [-0.1, -0.05) is 41.3 Å². The SMILES string of the molecule is N#Cc1cccc(OCCSc2nnc(NCc3ccc(F)cc3)s2)c1. The predicted octanol–water partition coefficient (Wildman–Crippen LogP) is 4.33. The summed E-state index contributed by atoms with van der Waals surface area (Å²) in [6, 6.07) is 15.5. The Balaban J connectivity index is 1.40. The lowest BCUT2D eigenvalue weighted by Gasteiger charge is -2.04. The van der Waals surface area contributed by atoms with Crippen LogP contribution < -0.4 is 10.1 Å². The molecule has 0 aliphatic carbocycles. The van der Waals surface area contributed by atoms with Crippen molar-refractivity contribution in [2.24, 2.45) is 0 Å². The van der Waals surface area contributed by atoms with Crippen LogP contribution >= 0.6 is 23.1 Å². The van der Waals surface area contributed by atoms with Crippen LogP contribution in [0.4, 0.5) is 9.52 Å². The zero-order valence-electron chi connectivity index (χ0n) is 13.7. The maximum absolute atomic E-state index is 12.9. The smallest absolute Gasteiger partial charge is 0.206 e. The van der Waals surface area contributed by atoms with Gasteiger partial charge in [-0.25, -0.2) is 4.39 Å². The Kier molecular flexibility index (Phi) is 6.41. The van der Waals surface area contributed by atoms with Gasteiger partial charge in [-0.3, -0.25) is 0 Å². The second kappa shape index (κ2) is 9.17. The molecule has 0 saturated heterocycles. The van der Waals surface area contributed by atoms with Gasteiger partial charge in [0, 0.05) is 12.3 Å². The number of aromatic nitrogens is 2. The highest BCUT2D eigenvalue weighted by molar-refractivity contribution is 8.01. The van der Waals surface area contributed by atoms with Gasteiger partial charge in [0.25, 0.3) is 0 Å². The van der Waals surface area contributed by atoms with E-state index in [9.17, 15) is 4.39 Å². The van der Waals surface area contributed by atoms with Gasteiger partial charge in [0.15, 0.2) is 4.34 Å². The van der Waals surface area contributed by atoms with E-state index in [-0.39, 0.29) is 5.82 Å². The van der Waals surface area contributed by atoms with Crippen molar-refractivity contribution in [2.75, 3.05) is 17.7 Å². The van der Waals surface area contributed by atoms with Crippen molar-refractivity contribution in [1.29, 1.82) is 5.26 Å². The molecule has 5 nitrogen and oxygen atoms in total. The third-order valence-corrected chi connectivity index (χ3v) is 5.28. The van der Waals surface area contributed by atoms with E-state index in [4.69, 9.17) is 10.00 Å². The molecule has 0 saturated carbocycles. The van der Waals surface area contributed by atoms with E-state index in [1.807, 2.05) is 6.07 Å². The topological polar surface area (TPSA) is 70.8 Å². The van der Waals surface area contributed by atoms with Crippen LogP contribution in [0.2, 0.25) is 0 Å². The second-order valence-electron chi connectivity index (χ2n) is 5.19. The Bertz CT molecular complexity index is 893. The Labute approximate surface area is 158 Å². The highest BCUT2D eigenvalue weighted by Gasteiger charge is 2.05. The third kappa shape index (κ3) is 5.44. The lowest BCUT2D eigenvalue weighted by molar-refractivity contribution is 0.344. The number of thioether (sulfide) groups is 1. The molecule has 26 heavy (non-hydrogen) atoms. The Hall–Kier alpha value is -2.63. The molecule has 3 rings (SSSR count). The summed E-state index contributed by atoms with van der Waals surface area (Å²) in [6.07, 6.45) is 0. The number of halogens is 1. The lowest BCUT2D eigenvalue weighted by atomic mass is 10.2. The predicted molar refractivity (Wildman–Crippen MR) is 101 cm³/mol. The molecule has 2 aromatic carbocycles. The van der Waals surface area contributed by atoms with E-state index in [1.54, 1.807) is 42.1 Å². The molecule has 1 N–H and O–H groups in total. The summed E-state index contributed by atoms with van der Waals surface area (Å²) in [5.41, 5.74) is 1.56. The van der Waals surface area contributed by atoms with Gasteiger partial charge in [-0.05, 0) is 35.9 Å². The molecule has 0 aliphatic rings. The number of nitrogens with one attached hydrogen (secondary N) is 1. The van der Waals surface area contributed by atoms with Crippen LogP contribution in [0.1, 0.15) is 11.1 Å². The van der Waals surface area contributed by atoms with Gasteiger partial charge in [-0.2, -0.15) is 5.26 Å². The normalized spacial score (nSPS) is 10.3. The minimum atomic E-state index is -0.245. The van der Waals surface area contributed by atoms with Crippen molar-refractivity contribution in [3.8, 4) is 11.8 Å². The van der Waals surface area contributed by atoms with E-state index in [0.717, 1.165) is 20.8 Å². The van der Waals surface area contributed by atoms with Crippen molar-refractivity contribution in [3.05, 3.63) is 65.5 Å². The molecular formula is C18H15FN4OS2. The summed E-state index contributed by atoms with van der Waals surface area (Å²) in [7, 11) is 0. The quantitative estimate of drug-likeness (QED) is 0.459. The second-order valence-corrected chi connectivity index (χ2v) is 7.51. The van der Waals surface area contributed by atoms with Crippen LogP contribution in [0.5, 0.6) is 5.75 Å². The average Bonchev–Trinajstić information content (AvgIpc) is 3.13. The van der Waals surface area contributed by atoms with Crippen LogP contribution in [-0.2, 0) is 6.54 Å². The number of benzene rings is 2. The molecule has 0 spiro atoms. The number of nitrogens with zero attached hydrogens (tertiary/aromatic N) is 3. The van der Waals surface area contributed by atoms with Gasteiger partial charge < -0.3 is 10.1 Å². The number of hydrogen-bond acceptors (Lipinski definition) is 7. The summed E-state index contributed by atoms with van der Waals surface area (Å²) in [4.78, 5) is 0. The van der Waals surface area contributed by atoms with Crippen molar-refractivity contribution in [1.82, 2.24) is 10.2 Å². The van der Waals surface area contributed by atoms with Crippen LogP contribution in [0.15, 0.2) is 52.9 Å². The maximum Gasteiger partial charge on any atom is 0.206 e. The standard InChI is InChI=1S/C18H15FN4OS2/c19-15-6-4-13(5-7-15)12-21-17-22-23-18(26-17)25-9-8-24-16-3-1-2-14(10-16)11-20/h1-7,10H,8-9,12H2,(H,21,22). The summed E-state index contributed by atoms with van der Waals surface area (Å²) in [6.45, 7) is 1.08. The minimum Gasteiger partial charge on any atom is -0.493 e. The zero-order chi connectivity index (χ0) is 18.2. The highest BCUT2D eigenvalue weighted by Crippen LogP contribution is 2.26. The molecule has 0 fully saturated rings. The number of rotatable bonds is 8. The molecule has 0 bridgehead atoms. The van der Waals surface area contributed by atoms with Crippen molar-refractivity contribution in [3.63, 3.8) is 0 Å². The number of nitriles is 1. The van der Waals surface area contributed by atoms with E-state index in [2.05, 4.69) is 21.6 Å². The van der Waals surface area contributed by atoms with Gasteiger partial charge in [0.05, 0.1) is 18.2 Å². The first-order valence-electron chi connectivity index (χ1n) is 7.80. The molecule has 0 amide bonds. The van der Waals surface area contributed by atoms with Crippen LogP contribution in [-0.4, -0.2) is 22.6 Å². The van der Waals surface area contributed by atoms with Crippen molar-refractivity contribution < 1.29 is 9.13 Å². The van der Waals surface area contributed by atoms with E-state index < -0.39 is 0 Å². The zero-order valence-corrected chi connectivity index (χ0v) is 15.3. The van der Waals surface area contributed by atoms with Gasteiger partial charge >= 0.3 is 0 Å². The van der Waals surface area contributed by atoms with E-state index in [1.165, 1.54) is 23.5 Å².